The Balaban J connectivity index is 1.61. The number of hydrogen-bond acceptors (Lipinski definition) is 2. The Hall–Kier alpha value is -2.10. The van der Waals surface area contributed by atoms with E-state index in [0.29, 0.717) is 20.1 Å². The van der Waals surface area contributed by atoms with Crippen LogP contribution in [-0.2, 0) is 0 Å². The quantitative estimate of drug-likeness (QED) is 0.318. The molecule has 138 valence electrons. The van der Waals surface area contributed by atoms with E-state index in [1.165, 1.54) is 0 Å². The zero-order chi connectivity index (χ0) is 19.7. The summed E-state index contributed by atoms with van der Waals surface area (Å²) in [6, 6.07) is 18.6. The first kappa shape index (κ1) is 19.2. The van der Waals surface area contributed by atoms with Crippen LogP contribution in [0.2, 0.25) is 20.1 Å². The third kappa shape index (κ3) is 4.31. The first-order valence-corrected chi connectivity index (χ1v) is 9.84. The molecule has 0 aliphatic rings. The van der Waals surface area contributed by atoms with Gasteiger partial charge in [0, 0.05) is 54.7 Å². The van der Waals surface area contributed by atoms with E-state index in [4.69, 9.17) is 46.4 Å². The molecule has 0 amide bonds. The normalized spacial score (nSPS) is 10.9. The van der Waals surface area contributed by atoms with E-state index in [1.54, 1.807) is 24.5 Å². The van der Waals surface area contributed by atoms with Gasteiger partial charge in [-0.05, 0) is 48.5 Å². The highest BCUT2D eigenvalue weighted by Crippen LogP contribution is 2.29. The minimum absolute atomic E-state index is 0.578. The van der Waals surface area contributed by atoms with Crippen molar-refractivity contribution < 1.29 is 0 Å². The zero-order valence-corrected chi connectivity index (χ0v) is 17.4. The van der Waals surface area contributed by atoms with Crippen molar-refractivity contribution in [1.29, 1.82) is 0 Å². The van der Waals surface area contributed by atoms with Gasteiger partial charge in [0.2, 0.25) is 0 Å². The summed E-state index contributed by atoms with van der Waals surface area (Å²) in [6.45, 7) is 0. The van der Waals surface area contributed by atoms with Gasteiger partial charge in [-0.3, -0.25) is 9.97 Å². The van der Waals surface area contributed by atoms with Crippen LogP contribution in [0, 0.1) is 0 Å². The van der Waals surface area contributed by atoms with Crippen LogP contribution in [0.1, 0.15) is 0 Å². The van der Waals surface area contributed by atoms with Crippen LogP contribution < -0.4 is 0 Å². The van der Waals surface area contributed by atoms with Crippen molar-refractivity contribution in [2.24, 2.45) is 0 Å². The van der Waals surface area contributed by atoms with Crippen LogP contribution in [0.4, 0.5) is 0 Å². The highest BCUT2D eigenvalue weighted by Gasteiger charge is 2.07. The largest absolute Gasteiger partial charge is 0.256 e. The summed E-state index contributed by atoms with van der Waals surface area (Å²) in [4.78, 5) is 9.06. The van der Waals surface area contributed by atoms with Crippen molar-refractivity contribution in [3.63, 3.8) is 0 Å². The molecule has 0 saturated carbocycles. The lowest BCUT2D eigenvalue weighted by molar-refractivity contribution is 1.30. The standard InChI is InChI=1S/C22H12Cl4N2/c23-17-5-15(6-18(24)9-17)21-3-1-13(11-27-21)14-2-4-22(28-12-14)16-7-19(25)10-20(26)8-16/h1-12H. The number of nitrogens with zero attached hydrogens (tertiary/aromatic N) is 2. The third-order valence-electron chi connectivity index (χ3n) is 4.18. The van der Waals surface area contributed by atoms with E-state index >= 15 is 0 Å². The molecule has 2 aromatic heterocycles. The van der Waals surface area contributed by atoms with Crippen LogP contribution in [0.3, 0.4) is 0 Å². The van der Waals surface area contributed by atoms with Gasteiger partial charge in [0.25, 0.3) is 0 Å². The van der Waals surface area contributed by atoms with Gasteiger partial charge in [-0.15, -0.1) is 0 Å². The van der Waals surface area contributed by atoms with Gasteiger partial charge in [0.05, 0.1) is 11.4 Å². The second-order valence-corrected chi connectivity index (χ2v) is 7.93. The summed E-state index contributed by atoms with van der Waals surface area (Å²) in [6.07, 6.45) is 3.61. The van der Waals surface area contributed by atoms with Gasteiger partial charge in [-0.25, -0.2) is 0 Å². The first-order valence-electron chi connectivity index (χ1n) is 8.33. The molecule has 4 rings (SSSR count). The number of hydrogen-bond donors (Lipinski definition) is 0. The van der Waals surface area contributed by atoms with Crippen molar-refractivity contribution in [3.05, 3.63) is 93.1 Å². The van der Waals surface area contributed by atoms with E-state index in [9.17, 15) is 0 Å². The smallest absolute Gasteiger partial charge is 0.0703 e. The topological polar surface area (TPSA) is 25.8 Å². The van der Waals surface area contributed by atoms with Gasteiger partial charge < -0.3 is 0 Å². The molecule has 0 saturated heterocycles. The molecule has 2 nitrogen and oxygen atoms in total. The fourth-order valence-electron chi connectivity index (χ4n) is 2.87. The second kappa shape index (κ2) is 8.10. The van der Waals surface area contributed by atoms with E-state index in [2.05, 4.69) is 9.97 Å². The average Bonchev–Trinajstić information content (AvgIpc) is 2.67. The van der Waals surface area contributed by atoms with Crippen molar-refractivity contribution in [2.75, 3.05) is 0 Å². The molecule has 4 aromatic rings. The molecule has 28 heavy (non-hydrogen) atoms. The predicted molar refractivity (Wildman–Crippen MR) is 118 cm³/mol. The number of rotatable bonds is 3. The Morgan fingerprint density at radius 3 is 1.07 bits per heavy atom. The third-order valence-corrected chi connectivity index (χ3v) is 5.05. The van der Waals surface area contributed by atoms with Crippen molar-refractivity contribution >= 4 is 46.4 Å². The summed E-state index contributed by atoms with van der Waals surface area (Å²) in [5.41, 5.74) is 5.25. The van der Waals surface area contributed by atoms with E-state index in [0.717, 1.165) is 33.6 Å². The SMILES string of the molecule is Clc1cc(Cl)cc(-c2ccc(-c3ccc(-c4cc(Cl)cc(Cl)c4)nc3)cn2)c1. The number of halogens is 4. The van der Waals surface area contributed by atoms with Crippen LogP contribution >= 0.6 is 46.4 Å². The molecule has 0 atom stereocenters. The second-order valence-electron chi connectivity index (χ2n) is 6.18. The first-order chi connectivity index (χ1) is 13.5. The Bertz CT molecular complexity index is 1010. The van der Waals surface area contributed by atoms with Crippen LogP contribution in [0.15, 0.2) is 73.1 Å². The lowest BCUT2D eigenvalue weighted by Crippen LogP contribution is -1.88. The van der Waals surface area contributed by atoms with Crippen LogP contribution in [0.25, 0.3) is 33.6 Å². The summed E-state index contributed by atoms with van der Waals surface area (Å²) in [5, 5.41) is 2.31. The molecule has 2 aromatic carbocycles. The number of aromatic nitrogens is 2. The van der Waals surface area contributed by atoms with Gasteiger partial charge in [-0.2, -0.15) is 0 Å². The summed E-state index contributed by atoms with van der Waals surface area (Å²) in [7, 11) is 0. The molecule has 0 radical (unpaired) electrons. The average molecular weight is 446 g/mol. The molecule has 0 aliphatic heterocycles. The highest BCUT2D eigenvalue weighted by atomic mass is 35.5. The van der Waals surface area contributed by atoms with Gasteiger partial charge in [0.15, 0.2) is 0 Å². The highest BCUT2D eigenvalue weighted by molar-refractivity contribution is 6.35. The van der Waals surface area contributed by atoms with Gasteiger partial charge in [0.1, 0.15) is 0 Å². The number of pyridine rings is 2. The lowest BCUT2D eigenvalue weighted by Gasteiger charge is -2.07. The predicted octanol–water partition coefficient (Wildman–Crippen LogP) is 8.09. The van der Waals surface area contributed by atoms with Crippen molar-refractivity contribution in [1.82, 2.24) is 9.97 Å². The Kier molecular flexibility index (Phi) is 5.56. The van der Waals surface area contributed by atoms with Crippen LogP contribution in [0.5, 0.6) is 0 Å². The van der Waals surface area contributed by atoms with Crippen molar-refractivity contribution in [2.45, 2.75) is 0 Å². The van der Waals surface area contributed by atoms with Gasteiger partial charge >= 0.3 is 0 Å². The summed E-state index contributed by atoms with van der Waals surface area (Å²) >= 11 is 24.3. The maximum absolute atomic E-state index is 6.07. The molecule has 0 fully saturated rings. The molecule has 0 N–H and O–H groups in total. The van der Waals surface area contributed by atoms with Crippen LogP contribution in [-0.4, -0.2) is 9.97 Å². The maximum atomic E-state index is 6.07. The molecular formula is C22H12Cl4N2. The molecular weight excluding hydrogens is 434 g/mol. The number of benzene rings is 2. The Morgan fingerprint density at radius 1 is 0.429 bits per heavy atom. The Morgan fingerprint density at radius 2 is 0.786 bits per heavy atom. The molecule has 0 spiro atoms. The molecule has 0 aliphatic carbocycles. The molecule has 0 unspecified atom stereocenters. The minimum atomic E-state index is 0.578. The summed E-state index contributed by atoms with van der Waals surface area (Å²) in [5.74, 6) is 0. The van der Waals surface area contributed by atoms with E-state index in [-0.39, 0.29) is 0 Å². The minimum Gasteiger partial charge on any atom is -0.256 e. The van der Waals surface area contributed by atoms with E-state index < -0.39 is 0 Å². The fourth-order valence-corrected chi connectivity index (χ4v) is 3.93. The Labute approximate surface area is 182 Å². The summed E-state index contributed by atoms with van der Waals surface area (Å²) < 4.78 is 0. The maximum Gasteiger partial charge on any atom is 0.0703 e. The van der Waals surface area contributed by atoms with E-state index in [1.807, 2.05) is 48.5 Å². The monoisotopic (exact) mass is 444 g/mol. The van der Waals surface area contributed by atoms with Gasteiger partial charge in [-0.1, -0.05) is 58.5 Å². The fraction of sp³-hybridized carbons (Fsp3) is 0. The zero-order valence-electron chi connectivity index (χ0n) is 14.3. The molecule has 2 heterocycles. The molecule has 0 bridgehead atoms. The molecule has 6 heteroatoms. The lowest BCUT2D eigenvalue weighted by atomic mass is 10.1. The van der Waals surface area contributed by atoms with Crippen molar-refractivity contribution in [3.8, 4) is 33.6 Å².